The third kappa shape index (κ3) is 5.58. The number of hydrogen-bond donors (Lipinski definition) is 1. The van der Waals surface area contributed by atoms with Crippen LogP contribution in [0.15, 0.2) is 0 Å². The van der Waals surface area contributed by atoms with Gasteiger partial charge in [0.25, 0.3) is 0 Å². The first-order valence-electron chi connectivity index (χ1n) is 5.71. The molecule has 0 aromatic carbocycles. The first kappa shape index (κ1) is 12.0. The summed E-state index contributed by atoms with van der Waals surface area (Å²) in [5, 5.41) is 3.42. The third-order valence-corrected chi connectivity index (χ3v) is 2.71. The standard InChI is InChI=1S/C11H23NO2/c1-13-7-3-8-14-9-5-11-4-2-6-12-10-11/h11-12H,2-10H2,1H3/t11-/m1/s1. The Morgan fingerprint density at radius 3 is 2.93 bits per heavy atom. The van der Waals surface area contributed by atoms with E-state index in [0.29, 0.717) is 0 Å². The second-order valence-electron chi connectivity index (χ2n) is 3.96. The average molecular weight is 201 g/mol. The Hall–Kier alpha value is -0.120. The lowest BCUT2D eigenvalue weighted by atomic mass is 9.97. The largest absolute Gasteiger partial charge is 0.385 e. The smallest absolute Gasteiger partial charge is 0.0487 e. The van der Waals surface area contributed by atoms with Crippen molar-refractivity contribution in [2.45, 2.75) is 25.7 Å². The zero-order chi connectivity index (χ0) is 10.1. The molecule has 0 saturated carbocycles. The van der Waals surface area contributed by atoms with Crippen LogP contribution in [0.5, 0.6) is 0 Å². The molecule has 1 aliphatic heterocycles. The van der Waals surface area contributed by atoms with Gasteiger partial charge in [0.05, 0.1) is 0 Å². The summed E-state index contributed by atoms with van der Waals surface area (Å²) < 4.78 is 10.5. The first-order valence-corrected chi connectivity index (χ1v) is 5.71. The van der Waals surface area contributed by atoms with Crippen molar-refractivity contribution in [2.75, 3.05) is 40.0 Å². The van der Waals surface area contributed by atoms with E-state index < -0.39 is 0 Å². The van der Waals surface area contributed by atoms with Gasteiger partial charge in [-0.2, -0.15) is 0 Å². The summed E-state index contributed by atoms with van der Waals surface area (Å²) in [6.45, 7) is 4.95. The van der Waals surface area contributed by atoms with Gasteiger partial charge in [-0.05, 0) is 44.7 Å². The van der Waals surface area contributed by atoms with Crippen molar-refractivity contribution in [3.63, 3.8) is 0 Å². The van der Waals surface area contributed by atoms with Gasteiger partial charge in [0.2, 0.25) is 0 Å². The molecule has 84 valence electrons. The molecule has 0 aromatic rings. The Labute approximate surface area is 87.2 Å². The third-order valence-electron chi connectivity index (χ3n) is 2.71. The van der Waals surface area contributed by atoms with E-state index >= 15 is 0 Å². The summed E-state index contributed by atoms with van der Waals surface area (Å²) in [4.78, 5) is 0. The van der Waals surface area contributed by atoms with Gasteiger partial charge in [-0.1, -0.05) is 0 Å². The predicted octanol–water partition coefficient (Wildman–Crippen LogP) is 1.43. The van der Waals surface area contributed by atoms with Crippen molar-refractivity contribution in [1.82, 2.24) is 5.32 Å². The van der Waals surface area contributed by atoms with E-state index in [9.17, 15) is 0 Å². The highest BCUT2D eigenvalue weighted by Crippen LogP contribution is 2.13. The lowest BCUT2D eigenvalue weighted by molar-refractivity contribution is 0.0913. The molecule has 1 N–H and O–H groups in total. The summed E-state index contributed by atoms with van der Waals surface area (Å²) in [5.41, 5.74) is 0. The molecule has 3 nitrogen and oxygen atoms in total. The number of piperidine rings is 1. The monoisotopic (exact) mass is 201 g/mol. The molecule has 1 heterocycles. The fourth-order valence-electron chi connectivity index (χ4n) is 1.83. The zero-order valence-corrected chi connectivity index (χ0v) is 9.26. The molecule has 0 radical (unpaired) electrons. The molecule has 1 aliphatic rings. The van der Waals surface area contributed by atoms with E-state index in [1.807, 2.05) is 0 Å². The quantitative estimate of drug-likeness (QED) is 0.632. The number of nitrogens with one attached hydrogen (secondary N) is 1. The number of methoxy groups -OCH3 is 1. The Balaban J connectivity index is 1.82. The minimum Gasteiger partial charge on any atom is -0.385 e. The van der Waals surface area contributed by atoms with Crippen LogP contribution in [-0.4, -0.2) is 40.0 Å². The Bertz CT molecular complexity index is 124. The highest BCUT2D eigenvalue weighted by atomic mass is 16.5. The maximum Gasteiger partial charge on any atom is 0.0487 e. The Morgan fingerprint density at radius 2 is 2.21 bits per heavy atom. The van der Waals surface area contributed by atoms with Crippen LogP contribution in [-0.2, 0) is 9.47 Å². The predicted molar refractivity (Wildman–Crippen MR) is 57.5 cm³/mol. The van der Waals surface area contributed by atoms with E-state index in [-0.39, 0.29) is 0 Å². The zero-order valence-electron chi connectivity index (χ0n) is 9.26. The van der Waals surface area contributed by atoms with Crippen molar-refractivity contribution in [3.05, 3.63) is 0 Å². The maximum absolute atomic E-state index is 5.53. The molecule has 3 heteroatoms. The lowest BCUT2D eigenvalue weighted by Gasteiger charge is -2.22. The number of hydrogen-bond acceptors (Lipinski definition) is 3. The summed E-state index contributed by atoms with van der Waals surface area (Å²) in [6.07, 6.45) is 4.92. The van der Waals surface area contributed by atoms with Crippen molar-refractivity contribution < 1.29 is 9.47 Å². The van der Waals surface area contributed by atoms with Gasteiger partial charge in [0.1, 0.15) is 0 Å². The second kappa shape index (κ2) is 8.21. The lowest BCUT2D eigenvalue weighted by Crippen LogP contribution is -2.30. The van der Waals surface area contributed by atoms with Gasteiger partial charge in [0, 0.05) is 26.9 Å². The van der Waals surface area contributed by atoms with Crippen molar-refractivity contribution in [2.24, 2.45) is 5.92 Å². The summed E-state index contributed by atoms with van der Waals surface area (Å²) in [7, 11) is 1.73. The minimum absolute atomic E-state index is 0.811. The van der Waals surface area contributed by atoms with Gasteiger partial charge in [-0.3, -0.25) is 0 Å². The van der Waals surface area contributed by atoms with Crippen LogP contribution in [0.4, 0.5) is 0 Å². The van der Waals surface area contributed by atoms with E-state index in [0.717, 1.165) is 32.2 Å². The summed E-state index contributed by atoms with van der Waals surface area (Å²) in [6, 6.07) is 0. The fourth-order valence-corrected chi connectivity index (χ4v) is 1.83. The molecule has 14 heavy (non-hydrogen) atoms. The summed E-state index contributed by atoms with van der Waals surface area (Å²) in [5.74, 6) is 0.839. The van der Waals surface area contributed by atoms with Crippen LogP contribution in [0.25, 0.3) is 0 Å². The van der Waals surface area contributed by atoms with Crippen molar-refractivity contribution >= 4 is 0 Å². The molecule has 0 unspecified atom stereocenters. The van der Waals surface area contributed by atoms with Crippen LogP contribution in [0.2, 0.25) is 0 Å². The molecular formula is C11H23NO2. The molecule has 0 aliphatic carbocycles. The molecule has 0 amide bonds. The van der Waals surface area contributed by atoms with Crippen LogP contribution in [0.1, 0.15) is 25.7 Å². The Morgan fingerprint density at radius 1 is 1.29 bits per heavy atom. The van der Waals surface area contributed by atoms with E-state index in [1.165, 1.54) is 32.4 Å². The van der Waals surface area contributed by atoms with Crippen LogP contribution < -0.4 is 5.32 Å². The van der Waals surface area contributed by atoms with E-state index in [2.05, 4.69) is 5.32 Å². The molecule has 1 saturated heterocycles. The Kier molecular flexibility index (Phi) is 7.01. The van der Waals surface area contributed by atoms with Crippen molar-refractivity contribution in [1.29, 1.82) is 0 Å². The average Bonchev–Trinajstić information content (AvgIpc) is 2.25. The molecule has 0 aromatic heterocycles. The highest BCUT2D eigenvalue weighted by molar-refractivity contribution is 4.68. The van der Waals surface area contributed by atoms with E-state index in [1.54, 1.807) is 7.11 Å². The topological polar surface area (TPSA) is 30.5 Å². The molecular weight excluding hydrogens is 178 g/mol. The molecule has 1 fully saturated rings. The minimum atomic E-state index is 0.811. The second-order valence-corrected chi connectivity index (χ2v) is 3.96. The number of rotatable bonds is 7. The normalized spacial score (nSPS) is 22.5. The van der Waals surface area contributed by atoms with Crippen LogP contribution in [0.3, 0.4) is 0 Å². The van der Waals surface area contributed by atoms with E-state index in [4.69, 9.17) is 9.47 Å². The van der Waals surface area contributed by atoms with Gasteiger partial charge < -0.3 is 14.8 Å². The van der Waals surface area contributed by atoms with Gasteiger partial charge in [-0.15, -0.1) is 0 Å². The summed E-state index contributed by atoms with van der Waals surface area (Å²) >= 11 is 0. The fraction of sp³-hybridized carbons (Fsp3) is 1.00. The van der Waals surface area contributed by atoms with Crippen LogP contribution >= 0.6 is 0 Å². The highest BCUT2D eigenvalue weighted by Gasteiger charge is 2.11. The molecule has 1 atom stereocenters. The van der Waals surface area contributed by atoms with Gasteiger partial charge in [-0.25, -0.2) is 0 Å². The number of ether oxygens (including phenoxy) is 2. The van der Waals surface area contributed by atoms with Gasteiger partial charge >= 0.3 is 0 Å². The van der Waals surface area contributed by atoms with Gasteiger partial charge in [0.15, 0.2) is 0 Å². The van der Waals surface area contributed by atoms with Crippen molar-refractivity contribution in [3.8, 4) is 0 Å². The molecule has 0 bridgehead atoms. The van der Waals surface area contributed by atoms with Crippen LogP contribution in [0, 0.1) is 5.92 Å². The first-order chi connectivity index (χ1) is 6.93. The maximum atomic E-state index is 5.53. The molecule has 1 rings (SSSR count). The molecule has 0 spiro atoms. The SMILES string of the molecule is COCCCOCC[C@H]1CCCNC1.